The van der Waals surface area contributed by atoms with Crippen LogP contribution in [-0.4, -0.2) is 54.6 Å². The number of methoxy groups -OCH3 is 1. The Hall–Kier alpha value is -4.28. The molecule has 1 aliphatic rings. The number of halogens is 2. The summed E-state index contributed by atoms with van der Waals surface area (Å²) in [6, 6.07) is 8.09. The summed E-state index contributed by atoms with van der Waals surface area (Å²) in [4.78, 5) is 36.0. The molecule has 200 valence electrons. The Labute approximate surface area is 219 Å². The maximum absolute atomic E-state index is 14.1. The number of hydrogen-bond acceptors (Lipinski definition) is 7. The van der Waals surface area contributed by atoms with Gasteiger partial charge >= 0.3 is 0 Å². The van der Waals surface area contributed by atoms with E-state index < -0.39 is 17.5 Å². The molecule has 9 nitrogen and oxygen atoms in total. The lowest BCUT2D eigenvalue weighted by Crippen LogP contribution is -2.39. The predicted molar refractivity (Wildman–Crippen MR) is 138 cm³/mol. The summed E-state index contributed by atoms with van der Waals surface area (Å²) in [5.74, 6) is -1.99. The highest BCUT2D eigenvalue weighted by Crippen LogP contribution is 2.31. The lowest BCUT2D eigenvalue weighted by atomic mass is 10.1. The number of rotatable bonds is 9. The summed E-state index contributed by atoms with van der Waals surface area (Å²) in [5, 5.41) is 5.67. The molecule has 38 heavy (non-hydrogen) atoms. The summed E-state index contributed by atoms with van der Waals surface area (Å²) in [5.41, 5.74) is 1.50. The molecule has 1 saturated heterocycles. The van der Waals surface area contributed by atoms with E-state index in [1.54, 1.807) is 18.2 Å². The molecular weight excluding hydrogens is 496 g/mol. The largest absolute Gasteiger partial charge is 0.487 e. The number of anilines is 2. The Kier molecular flexibility index (Phi) is 8.67. The molecule has 3 aromatic rings. The van der Waals surface area contributed by atoms with Crippen LogP contribution in [0.25, 0.3) is 0 Å². The van der Waals surface area contributed by atoms with Crippen molar-refractivity contribution in [3.63, 3.8) is 0 Å². The zero-order valence-electron chi connectivity index (χ0n) is 21.2. The second-order valence-corrected chi connectivity index (χ2v) is 8.74. The average molecular weight is 526 g/mol. The normalized spacial score (nSPS) is 13.6. The lowest BCUT2D eigenvalue weighted by Gasteiger charge is -2.35. The number of benzene rings is 1. The van der Waals surface area contributed by atoms with Crippen molar-refractivity contribution in [2.45, 2.75) is 32.3 Å². The van der Waals surface area contributed by atoms with Gasteiger partial charge in [0.15, 0.2) is 11.6 Å². The van der Waals surface area contributed by atoms with Crippen molar-refractivity contribution in [1.82, 2.24) is 15.3 Å². The molecule has 2 aromatic heterocycles. The van der Waals surface area contributed by atoms with Gasteiger partial charge in [-0.05, 0) is 36.8 Å². The van der Waals surface area contributed by atoms with Crippen molar-refractivity contribution >= 4 is 23.2 Å². The SMILES string of the molecule is CCCNC(=O)c1cc(N2CCC(Oc3ccc(F)cc3F)CC2)c(NC(=O)c2cccnc2OC)cn1. The Morgan fingerprint density at radius 2 is 1.89 bits per heavy atom. The van der Waals surface area contributed by atoms with Gasteiger partial charge in [-0.1, -0.05) is 6.92 Å². The Morgan fingerprint density at radius 3 is 2.61 bits per heavy atom. The predicted octanol–water partition coefficient (Wildman–Crippen LogP) is 4.20. The van der Waals surface area contributed by atoms with E-state index in [9.17, 15) is 18.4 Å². The highest BCUT2D eigenvalue weighted by Gasteiger charge is 2.26. The number of hydrogen-bond donors (Lipinski definition) is 2. The minimum atomic E-state index is -0.750. The fourth-order valence-corrected chi connectivity index (χ4v) is 4.14. The van der Waals surface area contributed by atoms with E-state index in [1.165, 1.54) is 25.6 Å². The topological polar surface area (TPSA) is 106 Å². The number of ether oxygens (including phenoxy) is 2. The molecule has 0 radical (unpaired) electrons. The molecule has 3 heterocycles. The number of carbonyl (C=O) groups is 2. The van der Waals surface area contributed by atoms with E-state index in [0.29, 0.717) is 43.9 Å². The number of piperidine rings is 1. The third kappa shape index (κ3) is 6.34. The number of aromatic nitrogens is 2. The van der Waals surface area contributed by atoms with Crippen molar-refractivity contribution in [1.29, 1.82) is 0 Å². The van der Waals surface area contributed by atoms with E-state index in [2.05, 4.69) is 20.6 Å². The van der Waals surface area contributed by atoms with Crippen LogP contribution in [0.2, 0.25) is 0 Å². The first kappa shape index (κ1) is 26.8. The Morgan fingerprint density at radius 1 is 1.11 bits per heavy atom. The minimum Gasteiger partial charge on any atom is -0.487 e. The first-order chi connectivity index (χ1) is 18.4. The monoisotopic (exact) mass is 525 g/mol. The van der Waals surface area contributed by atoms with Crippen molar-refractivity contribution in [3.05, 3.63) is 71.7 Å². The van der Waals surface area contributed by atoms with E-state index in [4.69, 9.17) is 9.47 Å². The second kappa shape index (κ2) is 12.3. The first-order valence-corrected chi connectivity index (χ1v) is 12.3. The molecule has 1 aliphatic heterocycles. The van der Waals surface area contributed by atoms with Crippen LogP contribution < -0.4 is 25.0 Å². The van der Waals surface area contributed by atoms with Gasteiger partial charge in [0.1, 0.15) is 23.2 Å². The third-order valence-corrected chi connectivity index (χ3v) is 6.08. The van der Waals surface area contributed by atoms with Crippen LogP contribution in [0.15, 0.2) is 48.8 Å². The van der Waals surface area contributed by atoms with Gasteiger partial charge in [0, 0.05) is 44.7 Å². The van der Waals surface area contributed by atoms with Gasteiger partial charge in [0.25, 0.3) is 11.8 Å². The van der Waals surface area contributed by atoms with E-state index in [0.717, 1.165) is 18.6 Å². The second-order valence-electron chi connectivity index (χ2n) is 8.74. The highest BCUT2D eigenvalue weighted by molar-refractivity contribution is 6.07. The molecule has 11 heteroatoms. The van der Waals surface area contributed by atoms with Crippen molar-refractivity contribution in [3.8, 4) is 11.6 Å². The maximum Gasteiger partial charge on any atom is 0.269 e. The summed E-state index contributed by atoms with van der Waals surface area (Å²) in [6.07, 6.45) is 4.56. The number of nitrogens with zero attached hydrogens (tertiary/aromatic N) is 3. The number of pyridine rings is 2. The summed E-state index contributed by atoms with van der Waals surface area (Å²) in [6.45, 7) is 3.48. The van der Waals surface area contributed by atoms with Crippen molar-refractivity contribution < 1.29 is 27.8 Å². The van der Waals surface area contributed by atoms with Gasteiger partial charge in [-0.2, -0.15) is 0 Å². The van der Waals surface area contributed by atoms with Gasteiger partial charge in [0.05, 0.1) is 24.7 Å². The Bertz CT molecular complexity index is 1300. The fourth-order valence-electron chi connectivity index (χ4n) is 4.14. The summed E-state index contributed by atoms with van der Waals surface area (Å²) in [7, 11) is 1.43. The molecule has 2 amide bonds. The van der Waals surface area contributed by atoms with Gasteiger partial charge < -0.3 is 25.0 Å². The van der Waals surface area contributed by atoms with Crippen molar-refractivity contribution in [2.24, 2.45) is 0 Å². The maximum atomic E-state index is 14.1. The fraction of sp³-hybridized carbons (Fsp3) is 0.333. The molecule has 1 fully saturated rings. The molecule has 4 rings (SSSR count). The van der Waals surface area contributed by atoms with Crippen LogP contribution >= 0.6 is 0 Å². The van der Waals surface area contributed by atoms with Gasteiger partial charge in [-0.3, -0.25) is 9.59 Å². The zero-order valence-corrected chi connectivity index (χ0v) is 21.2. The van der Waals surface area contributed by atoms with Crippen LogP contribution in [0, 0.1) is 11.6 Å². The number of carbonyl (C=O) groups excluding carboxylic acids is 2. The first-order valence-electron chi connectivity index (χ1n) is 12.3. The van der Waals surface area contributed by atoms with E-state index >= 15 is 0 Å². The smallest absolute Gasteiger partial charge is 0.269 e. The average Bonchev–Trinajstić information content (AvgIpc) is 2.93. The highest BCUT2D eigenvalue weighted by atomic mass is 19.1. The van der Waals surface area contributed by atoms with Crippen LogP contribution in [0.5, 0.6) is 11.6 Å². The van der Waals surface area contributed by atoms with Crippen LogP contribution in [0.4, 0.5) is 20.2 Å². The van der Waals surface area contributed by atoms with Gasteiger partial charge in [-0.25, -0.2) is 18.7 Å². The standard InChI is InChI=1S/C27H29F2N5O4/c1-3-10-30-26(36)21-15-23(22(16-32-21)33-25(35)19-5-4-11-31-27(19)37-2)34-12-8-18(9-13-34)38-24-7-6-17(28)14-20(24)29/h4-7,11,14-16,18H,3,8-10,12-13H2,1-2H3,(H,30,36)(H,33,35). The zero-order chi connectivity index (χ0) is 27.1. The Balaban J connectivity index is 1.54. The molecule has 0 saturated carbocycles. The lowest BCUT2D eigenvalue weighted by molar-refractivity contribution is 0.0948. The molecule has 0 spiro atoms. The molecule has 2 N–H and O–H groups in total. The molecular formula is C27H29F2N5O4. The van der Waals surface area contributed by atoms with Gasteiger partial charge in [-0.15, -0.1) is 0 Å². The minimum absolute atomic E-state index is 0.00186. The molecule has 0 bridgehead atoms. The van der Waals surface area contributed by atoms with Crippen LogP contribution in [0.1, 0.15) is 47.0 Å². The van der Waals surface area contributed by atoms with Crippen LogP contribution in [0.3, 0.4) is 0 Å². The molecule has 0 atom stereocenters. The van der Waals surface area contributed by atoms with Gasteiger partial charge in [0.2, 0.25) is 5.88 Å². The van der Waals surface area contributed by atoms with E-state index in [-0.39, 0.29) is 34.9 Å². The molecule has 1 aromatic carbocycles. The number of nitrogens with one attached hydrogen (secondary N) is 2. The quantitative estimate of drug-likeness (QED) is 0.431. The third-order valence-electron chi connectivity index (χ3n) is 6.08. The number of amides is 2. The van der Waals surface area contributed by atoms with Crippen LogP contribution in [-0.2, 0) is 0 Å². The van der Waals surface area contributed by atoms with Crippen molar-refractivity contribution in [2.75, 3.05) is 37.0 Å². The summed E-state index contributed by atoms with van der Waals surface area (Å²) >= 11 is 0. The molecule has 0 aliphatic carbocycles. The summed E-state index contributed by atoms with van der Waals surface area (Å²) < 4.78 is 38.3. The molecule has 0 unspecified atom stereocenters. The van der Waals surface area contributed by atoms with E-state index in [1.807, 2.05) is 11.8 Å².